The van der Waals surface area contributed by atoms with E-state index in [0.717, 1.165) is 16.9 Å². The van der Waals surface area contributed by atoms with Gasteiger partial charge in [0.2, 0.25) is 5.91 Å². The predicted octanol–water partition coefficient (Wildman–Crippen LogP) is 4.05. The number of halogens is 1. The lowest BCUT2D eigenvalue weighted by Gasteiger charge is -2.23. The molecule has 0 aliphatic carbocycles. The Kier molecular flexibility index (Phi) is 4.15. The van der Waals surface area contributed by atoms with E-state index in [9.17, 15) is 4.79 Å². The molecule has 2 aromatic carbocycles. The van der Waals surface area contributed by atoms with Crippen molar-refractivity contribution in [2.24, 2.45) is 0 Å². The van der Waals surface area contributed by atoms with Crippen LogP contribution in [0, 0.1) is 6.92 Å². The molecule has 2 rings (SSSR count). The summed E-state index contributed by atoms with van der Waals surface area (Å²) in [5.41, 5.74) is 2.89. The molecule has 1 amide bonds. The van der Waals surface area contributed by atoms with E-state index >= 15 is 0 Å². The maximum Gasteiger partial charge on any atom is 0.242 e. The number of rotatable bonds is 3. The van der Waals surface area contributed by atoms with Crippen LogP contribution in [0.15, 0.2) is 54.6 Å². The Morgan fingerprint density at radius 2 is 1.67 bits per heavy atom. The number of carbonyl (C=O) groups excluding carboxylic acids is 1. The standard InChI is InChI=1S/C15H14BrNO/c1-12-7-5-6-10-14(12)17(15(18)11-16)13-8-3-2-4-9-13/h2-10H,11H2,1H3. The largest absolute Gasteiger partial charge is 0.280 e. The minimum absolute atomic E-state index is 0.0236. The molecule has 0 aliphatic rings. The van der Waals surface area contributed by atoms with E-state index in [1.54, 1.807) is 4.90 Å². The topological polar surface area (TPSA) is 20.3 Å². The molecular weight excluding hydrogens is 290 g/mol. The average molecular weight is 304 g/mol. The van der Waals surface area contributed by atoms with Gasteiger partial charge in [0.15, 0.2) is 0 Å². The van der Waals surface area contributed by atoms with Gasteiger partial charge in [0.05, 0.1) is 11.0 Å². The van der Waals surface area contributed by atoms with Gasteiger partial charge in [-0.15, -0.1) is 0 Å². The third-order valence-electron chi connectivity index (χ3n) is 2.73. The summed E-state index contributed by atoms with van der Waals surface area (Å²) in [7, 11) is 0. The van der Waals surface area contributed by atoms with Gasteiger partial charge in [-0.25, -0.2) is 0 Å². The van der Waals surface area contributed by atoms with Gasteiger partial charge >= 0.3 is 0 Å². The first kappa shape index (κ1) is 12.8. The molecule has 0 bridgehead atoms. The summed E-state index contributed by atoms with van der Waals surface area (Å²) in [6.45, 7) is 2.01. The highest BCUT2D eigenvalue weighted by Gasteiger charge is 2.17. The molecule has 18 heavy (non-hydrogen) atoms. The number of alkyl halides is 1. The van der Waals surface area contributed by atoms with Gasteiger partial charge in [-0.1, -0.05) is 52.3 Å². The quantitative estimate of drug-likeness (QED) is 0.783. The molecule has 0 spiro atoms. The van der Waals surface area contributed by atoms with Crippen LogP contribution in [0.3, 0.4) is 0 Å². The van der Waals surface area contributed by atoms with Gasteiger partial charge in [-0.05, 0) is 30.7 Å². The van der Waals surface area contributed by atoms with Crippen LogP contribution < -0.4 is 4.90 Å². The molecule has 3 heteroatoms. The number of aryl methyl sites for hydroxylation is 1. The molecule has 2 nitrogen and oxygen atoms in total. The zero-order valence-electron chi connectivity index (χ0n) is 10.1. The van der Waals surface area contributed by atoms with Crippen molar-refractivity contribution < 1.29 is 4.79 Å². The molecule has 0 radical (unpaired) electrons. The average Bonchev–Trinajstić information content (AvgIpc) is 2.42. The lowest BCUT2D eigenvalue weighted by Crippen LogP contribution is -2.27. The first-order valence-corrected chi connectivity index (χ1v) is 6.86. The minimum atomic E-state index is 0.0236. The van der Waals surface area contributed by atoms with E-state index in [2.05, 4.69) is 15.9 Å². The zero-order chi connectivity index (χ0) is 13.0. The van der Waals surface area contributed by atoms with Gasteiger partial charge in [-0.2, -0.15) is 0 Å². The third kappa shape index (κ3) is 2.62. The number of carbonyl (C=O) groups is 1. The van der Waals surface area contributed by atoms with Crippen LogP contribution in [-0.4, -0.2) is 11.2 Å². The summed E-state index contributed by atoms with van der Waals surface area (Å²) < 4.78 is 0. The summed E-state index contributed by atoms with van der Waals surface area (Å²) in [4.78, 5) is 13.9. The number of benzene rings is 2. The Bertz CT molecular complexity index is 539. The van der Waals surface area contributed by atoms with Gasteiger partial charge < -0.3 is 0 Å². The molecule has 0 fully saturated rings. The van der Waals surface area contributed by atoms with Gasteiger partial charge in [0, 0.05) is 5.69 Å². The number of para-hydroxylation sites is 2. The summed E-state index contributed by atoms with van der Waals surface area (Å²) in [5, 5.41) is 0.302. The molecule has 0 unspecified atom stereocenters. The van der Waals surface area contributed by atoms with Gasteiger partial charge in [0.25, 0.3) is 0 Å². The fraction of sp³-hybridized carbons (Fsp3) is 0.133. The van der Waals surface area contributed by atoms with Crippen LogP contribution in [0.25, 0.3) is 0 Å². The lowest BCUT2D eigenvalue weighted by molar-refractivity contribution is -0.115. The second kappa shape index (κ2) is 5.83. The van der Waals surface area contributed by atoms with E-state index in [4.69, 9.17) is 0 Å². The summed E-state index contributed by atoms with van der Waals surface area (Å²) >= 11 is 3.24. The summed E-state index contributed by atoms with van der Waals surface area (Å²) in [5.74, 6) is 0.0236. The maximum atomic E-state index is 12.1. The van der Waals surface area contributed by atoms with Crippen molar-refractivity contribution >= 4 is 33.2 Å². The zero-order valence-corrected chi connectivity index (χ0v) is 11.7. The van der Waals surface area contributed by atoms with E-state index in [0.29, 0.717) is 5.33 Å². The van der Waals surface area contributed by atoms with Gasteiger partial charge in [0.1, 0.15) is 0 Å². The maximum absolute atomic E-state index is 12.1. The van der Waals surface area contributed by atoms with Crippen LogP contribution in [0.2, 0.25) is 0 Å². The minimum Gasteiger partial charge on any atom is -0.280 e. The summed E-state index contributed by atoms with van der Waals surface area (Å²) in [6.07, 6.45) is 0. The summed E-state index contributed by atoms with van der Waals surface area (Å²) in [6, 6.07) is 17.6. The van der Waals surface area contributed by atoms with Crippen molar-refractivity contribution in [1.29, 1.82) is 0 Å². The van der Waals surface area contributed by atoms with E-state index in [-0.39, 0.29) is 5.91 Å². The van der Waals surface area contributed by atoms with Crippen LogP contribution in [0.4, 0.5) is 11.4 Å². The van der Waals surface area contributed by atoms with Crippen molar-refractivity contribution in [3.8, 4) is 0 Å². The van der Waals surface area contributed by atoms with Crippen molar-refractivity contribution in [3.63, 3.8) is 0 Å². The highest BCUT2D eigenvalue weighted by atomic mass is 79.9. The normalized spacial score (nSPS) is 10.1. The fourth-order valence-electron chi connectivity index (χ4n) is 1.87. The monoisotopic (exact) mass is 303 g/mol. The molecule has 2 aromatic rings. The SMILES string of the molecule is Cc1ccccc1N(C(=O)CBr)c1ccccc1. The van der Waals surface area contributed by atoms with Gasteiger partial charge in [-0.3, -0.25) is 9.69 Å². The Hall–Kier alpha value is -1.61. The fourth-order valence-corrected chi connectivity index (χ4v) is 2.12. The second-order valence-corrected chi connectivity index (χ2v) is 4.55. The van der Waals surface area contributed by atoms with Crippen LogP contribution in [-0.2, 0) is 4.79 Å². The predicted molar refractivity (Wildman–Crippen MR) is 78.6 cm³/mol. The van der Waals surface area contributed by atoms with E-state index in [1.807, 2.05) is 61.5 Å². The number of anilines is 2. The smallest absolute Gasteiger partial charge is 0.242 e. The third-order valence-corrected chi connectivity index (χ3v) is 3.21. The Balaban J connectivity index is 2.51. The first-order chi connectivity index (χ1) is 8.74. The molecule has 0 aliphatic heterocycles. The Morgan fingerprint density at radius 1 is 1.06 bits per heavy atom. The molecule has 0 atom stereocenters. The van der Waals surface area contributed by atoms with Crippen molar-refractivity contribution in [1.82, 2.24) is 0 Å². The first-order valence-electron chi connectivity index (χ1n) is 5.73. The number of hydrogen-bond donors (Lipinski definition) is 0. The van der Waals surface area contributed by atoms with Crippen LogP contribution in [0.1, 0.15) is 5.56 Å². The van der Waals surface area contributed by atoms with Crippen molar-refractivity contribution in [3.05, 3.63) is 60.2 Å². The number of hydrogen-bond acceptors (Lipinski definition) is 1. The number of nitrogens with zero attached hydrogens (tertiary/aromatic N) is 1. The lowest BCUT2D eigenvalue weighted by atomic mass is 10.1. The Labute approximate surface area is 115 Å². The molecular formula is C15H14BrNO. The molecule has 0 saturated carbocycles. The van der Waals surface area contributed by atoms with E-state index in [1.165, 1.54) is 0 Å². The molecule has 0 aromatic heterocycles. The highest BCUT2D eigenvalue weighted by molar-refractivity contribution is 9.09. The second-order valence-electron chi connectivity index (χ2n) is 3.98. The number of amides is 1. The molecule has 0 N–H and O–H groups in total. The van der Waals surface area contributed by atoms with E-state index < -0.39 is 0 Å². The molecule has 92 valence electrons. The van der Waals surface area contributed by atoms with Crippen molar-refractivity contribution in [2.45, 2.75) is 6.92 Å². The van der Waals surface area contributed by atoms with Crippen LogP contribution >= 0.6 is 15.9 Å². The van der Waals surface area contributed by atoms with Crippen molar-refractivity contribution in [2.75, 3.05) is 10.2 Å². The highest BCUT2D eigenvalue weighted by Crippen LogP contribution is 2.28. The molecule has 0 heterocycles. The Morgan fingerprint density at radius 3 is 2.28 bits per heavy atom. The van der Waals surface area contributed by atoms with Crippen LogP contribution in [0.5, 0.6) is 0 Å². The molecule has 0 saturated heterocycles.